The molecule has 2 aromatic heterocycles. The van der Waals surface area contributed by atoms with Gasteiger partial charge in [-0.2, -0.15) is 0 Å². The summed E-state index contributed by atoms with van der Waals surface area (Å²) in [5.41, 5.74) is -0.818. The van der Waals surface area contributed by atoms with Crippen molar-refractivity contribution in [3.05, 3.63) is 48.4 Å². The molecule has 27 heavy (non-hydrogen) atoms. The van der Waals surface area contributed by atoms with E-state index in [-0.39, 0.29) is 30.1 Å². The molecule has 0 saturated heterocycles. The van der Waals surface area contributed by atoms with Gasteiger partial charge in [-0.05, 0) is 38.3 Å². The summed E-state index contributed by atoms with van der Waals surface area (Å²) in [5, 5.41) is 3.14. The van der Waals surface area contributed by atoms with Crippen molar-refractivity contribution >= 4 is 11.8 Å². The second-order valence-corrected chi connectivity index (χ2v) is 7.14. The summed E-state index contributed by atoms with van der Waals surface area (Å²) in [5.74, 6) is 0.131. The van der Waals surface area contributed by atoms with Gasteiger partial charge in [-0.3, -0.25) is 14.6 Å². The van der Waals surface area contributed by atoms with Gasteiger partial charge in [-0.1, -0.05) is 19.8 Å². The second kappa shape index (κ2) is 8.33. The molecule has 2 heterocycles. The predicted octanol–water partition coefficient (Wildman–Crippen LogP) is 2.94. The molecule has 7 heteroatoms. The van der Waals surface area contributed by atoms with Crippen molar-refractivity contribution in [3.8, 4) is 0 Å². The van der Waals surface area contributed by atoms with Gasteiger partial charge in [0.1, 0.15) is 17.0 Å². The minimum atomic E-state index is -1.02. The molecule has 0 bridgehead atoms. The van der Waals surface area contributed by atoms with Gasteiger partial charge in [-0.25, -0.2) is 4.98 Å². The van der Waals surface area contributed by atoms with Crippen LogP contribution in [0.4, 0.5) is 0 Å². The van der Waals surface area contributed by atoms with Gasteiger partial charge in [0.2, 0.25) is 5.91 Å². The van der Waals surface area contributed by atoms with Crippen molar-refractivity contribution in [2.24, 2.45) is 0 Å². The summed E-state index contributed by atoms with van der Waals surface area (Å²) in [7, 11) is 0. The van der Waals surface area contributed by atoms with Crippen LogP contribution in [0.15, 0.2) is 41.4 Å². The Balaban J connectivity index is 1.90. The Morgan fingerprint density at radius 1 is 1.33 bits per heavy atom. The molecular weight excluding hydrogens is 344 g/mol. The first-order valence-electron chi connectivity index (χ1n) is 9.46. The van der Waals surface area contributed by atoms with Crippen LogP contribution in [0.3, 0.4) is 0 Å². The number of aromatic nitrogens is 2. The molecule has 1 aliphatic rings. The number of nitrogens with one attached hydrogen (secondary N) is 1. The van der Waals surface area contributed by atoms with Crippen molar-refractivity contribution in [1.29, 1.82) is 0 Å². The molecule has 3 rings (SSSR count). The molecule has 1 saturated carbocycles. The van der Waals surface area contributed by atoms with E-state index in [9.17, 15) is 9.59 Å². The first-order chi connectivity index (χ1) is 13.0. The largest absolute Gasteiger partial charge is 0.467 e. The number of furan rings is 1. The van der Waals surface area contributed by atoms with Gasteiger partial charge in [0, 0.05) is 18.4 Å². The Morgan fingerprint density at radius 2 is 2.11 bits per heavy atom. The number of hydrogen-bond donors (Lipinski definition) is 1. The Morgan fingerprint density at radius 3 is 2.70 bits per heavy atom. The maximum Gasteiger partial charge on any atom is 0.275 e. The highest BCUT2D eigenvalue weighted by Crippen LogP contribution is 2.26. The molecule has 0 aliphatic heterocycles. The van der Waals surface area contributed by atoms with Crippen molar-refractivity contribution < 1.29 is 14.0 Å². The second-order valence-electron chi connectivity index (χ2n) is 7.14. The van der Waals surface area contributed by atoms with Crippen LogP contribution in [0.25, 0.3) is 0 Å². The van der Waals surface area contributed by atoms with E-state index in [2.05, 4.69) is 15.3 Å². The number of rotatable bonds is 7. The number of hydrogen-bond acceptors (Lipinski definition) is 5. The molecule has 0 radical (unpaired) electrons. The van der Waals surface area contributed by atoms with Crippen molar-refractivity contribution in [3.63, 3.8) is 0 Å². The lowest BCUT2D eigenvalue weighted by Crippen LogP contribution is -2.59. The summed E-state index contributed by atoms with van der Waals surface area (Å²) in [6.45, 7) is 3.90. The highest BCUT2D eigenvalue weighted by molar-refractivity contribution is 5.97. The molecule has 144 valence electrons. The molecule has 1 fully saturated rings. The average molecular weight is 370 g/mol. The highest BCUT2D eigenvalue weighted by Gasteiger charge is 2.42. The van der Waals surface area contributed by atoms with E-state index in [1.165, 1.54) is 18.6 Å². The first kappa shape index (κ1) is 19.1. The lowest BCUT2D eigenvalue weighted by Gasteiger charge is -2.39. The predicted molar refractivity (Wildman–Crippen MR) is 99.7 cm³/mol. The number of amides is 2. The minimum absolute atomic E-state index is 0.138. The average Bonchev–Trinajstić information content (AvgIpc) is 3.39. The zero-order chi connectivity index (χ0) is 19.3. The standard InChI is InChI=1S/C20H26N4O3/c1-3-20(2,19(26)23-15-7-4-5-8-15)24(14-16-9-6-12-27-16)18(25)17-13-21-10-11-22-17/h6,9-13,15H,3-5,7-8,14H2,1-2H3,(H,23,26)/t20-/m1/s1. The van der Waals surface area contributed by atoms with E-state index in [0.717, 1.165) is 25.7 Å². The Kier molecular flexibility index (Phi) is 5.88. The molecule has 2 amide bonds. The van der Waals surface area contributed by atoms with Gasteiger partial charge < -0.3 is 14.6 Å². The van der Waals surface area contributed by atoms with Gasteiger partial charge in [0.25, 0.3) is 5.91 Å². The molecule has 1 aliphatic carbocycles. The normalized spacial score (nSPS) is 16.7. The van der Waals surface area contributed by atoms with Gasteiger partial charge >= 0.3 is 0 Å². The van der Waals surface area contributed by atoms with Crippen LogP contribution in [-0.2, 0) is 11.3 Å². The van der Waals surface area contributed by atoms with Crippen LogP contribution >= 0.6 is 0 Å². The van der Waals surface area contributed by atoms with E-state index in [1.54, 1.807) is 30.2 Å². The maximum atomic E-state index is 13.2. The van der Waals surface area contributed by atoms with E-state index in [4.69, 9.17) is 4.42 Å². The van der Waals surface area contributed by atoms with Crippen LogP contribution in [0.1, 0.15) is 62.2 Å². The van der Waals surface area contributed by atoms with E-state index >= 15 is 0 Å². The van der Waals surface area contributed by atoms with E-state index in [0.29, 0.717) is 12.2 Å². The van der Waals surface area contributed by atoms with Crippen LogP contribution < -0.4 is 5.32 Å². The summed E-state index contributed by atoms with van der Waals surface area (Å²) < 4.78 is 5.44. The third-order valence-electron chi connectivity index (χ3n) is 5.39. The quantitative estimate of drug-likeness (QED) is 0.809. The van der Waals surface area contributed by atoms with Crippen molar-refractivity contribution in [2.75, 3.05) is 0 Å². The minimum Gasteiger partial charge on any atom is -0.467 e. The van der Waals surface area contributed by atoms with Gasteiger partial charge in [0.15, 0.2) is 0 Å². The fraction of sp³-hybridized carbons (Fsp3) is 0.500. The van der Waals surface area contributed by atoms with Crippen LogP contribution in [0.2, 0.25) is 0 Å². The molecule has 1 N–H and O–H groups in total. The molecule has 7 nitrogen and oxygen atoms in total. The molecule has 0 aromatic carbocycles. The van der Waals surface area contributed by atoms with Crippen LogP contribution in [0.5, 0.6) is 0 Å². The lowest BCUT2D eigenvalue weighted by atomic mass is 9.93. The van der Waals surface area contributed by atoms with Crippen molar-refractivity contribution in [2.45, 2.75) is 64.1 Å². The molecular formula is C20H26N4O3. The third-order valence-corrected chi connectivity index (χ3v) is 5.39. The Hall–Kier alpha value is -2.70. The number of carbonyl (C=O) groups is 2. The van der Waals surface area contributed by atoms with E-state index in [1.807, 2.05) is 6.92 Å². The van der Waals surface area contributed by atoms with Gasteiger partial charge in [-0.15, -0.1) is 0 Å². The third kappa shape index (κ3) is 4.18. The molecule has 2 aromatic rings. The fourth-order valence-electron chi connectivity index (χ4n) is 3.46. The SMILES string of the molecule is CC[C@](C)(C(=O)NC1CCCC1)N(Cc1ccco1)C(=O)c1cnccn1. The maximum absolute atomic E-state index is 13.2. The topological polar surface area (TPSA) is 88.3 Å². The molecule has 1 atom stereocenters. The number of carbonyl (C=O) groups excluding carboxylic acids is 2. The van der Waals surface area contributed by atoms with Crippen molar-refractivity contribution in [1.82, 2.24) is 20.2 Å². The number of nitrogens with zero attached hydrogens (tertiary/aromatic N) is 3. The van der Waals surface area contributed by atoms with Crippen LogP contribution in [-0.4, -0.2) is 38.3 Å². The van der Waals surface area contributed by atoms with E-state index < -0.39 is 5.54 Å². The summed E-state index contributed by atoms with van der Waals surface area (Å²) in [4.78, 5) is 36.1. The zero-order valence-electron chi connectivity index (χ0n) is 15.9. The fourth-order valence-corrected chi connectivity index (χ4v) is 3.46. The smallest absolute Gasteiger partial charge is 0.275 e. The van der Waals surface area contributed by atoms with Crippen LogP contribution in [0, 0.1) is 0 Å². The van der Waals surface area contributed by atoms with Gasteiger partial charge in [0.05, 0.1) is 19.0 Å². The highest BCUT2D eigenvalue weighted by atomic mass is 16.3. The first-order valence-corrected chi connectivity index (χ1v) is 9.46. The monoisotopic (exact) mass is 370 g/mol. The summed E-state index contributed by atoms with van der Waals surface area (Å²) in [6, 6.07) is 3.74. The Labute approximate surface area is 159 Å². The Bertz CT molecular complexity index is 757. The molecule has 0 spiro atoms. The lowest BCUT2D eigenvalue weighted by molar-refractivity contribution is -0.132. The molecule has 0 unspecified atom stereocenters. The summed E-state index contributed by atoms with van der Waals surface area (Å²) >= 11 is 0. The zero-order valence-corrected chi connectivity index (χ0v) is 15.9. The summed E-state index contributed by atoms with van der Waals surface area (Å²) in [6.07, 6.45) is 10.7.